The predicted octanol–water partition coefficient (Wildman–Crippen LogP) is 1.56. The lowest BCUT2D eigenvalue weighted by Gasteiger charge is -2.13. The average Bonchev–Trinajstić information content (AvgIpc) is 2.19. The Morgan fingerprint density at radius 3 is 2.50 bits per heavy atom. The fourth-order valence-electron chi connectivity index (χ4n) is 1.34. The van der Waals surface area contributed by atoms with Gasteiger partial charge in [0.15, 0.2) is 11.6 Å². The zero-order chi connectivity index (χ0) is 10.6. The van der Waals surface area contributed by atoms with Gasteiger partial charge in [0.25, 0.3) is 0 Å². The van der Waals surface area contributed by atoms with E-state index in [2.05, 4.69) is 5.32 Å². The smallest absolute Gasteiger partial charge is 0.165 e. The number of hydrogen-bond donors (Lipinski definition) is 1. The minimum Gasteiger partial charge on any atom is -0.496 e. The molecule has 0 spiro atoms. The normalized spacial score (nSPS) is 10.0. The summed E-state index contributed by atoms with van der Waals surface area (Å²) >= 11 is 0. The van der Waals surface area contributed by atoms with Crippen LogP contribution in [0.25, 0.3) is 0 Å². The number of halogens is 1. The van der Waals surface area contributed by atoms with Gasteiger partial charge >= 0.3 is 0 Å². The molecule has 0 amide bonds. The Morgan fingerprint density at radius 1 is 1.29 bits per heavy atom. The summed E-state index contributed by atoms with van der Waals surface area (Å²) in [7, 11) is 4.77. The van der Waals surface area contributed by atoms with Gasteiger partial charge in [0, 0.05) is 6.54 Å². The van der Waals surface area contributed by atoms with Crippen molar-refractivity contribution in [3.63, 3.8) is 0 Å². The zero-order valence-electron chi connectivity index (χ0n) is 8.56. The molecule has 0 fully saturated rings. The van der Waals surface area contributed by atoms with Gasteiger partial charge in [0.2, 0.25) is 0 Å². The lowest BCUT2D eigenvalue weighted by atomic mass is 10.1. The monoisotopic (exact) mass is 199 g/mol. The molecule has 3 nitrogen and oxygen atoms in total. The van der Waals surface area contributed by atoms with Crippen LogP contribution in [0, 0.1) is 5.82 Å². The van der Waals surface area contributed by atoms with Gasteiger partial charge in [-0.2, -0.15) is 0 Å². The Morgan fingerprint density at radius 2 is 2.00 bits per heavy atom. The quantitative estimate of drug-likeness (QED) is 0.798. The molecule has 1 rings (SSSR count). The van der Waals surface area contributed by atoms with Crippen molar-refractivity contribution < 1.29 is 13.9 Å². The van der Waals surface area contributed by atoms with Crippen molar-refractivity contribution in [1.82, 2.24) is 5.32 Å². The molecule has 0 bridgehead atoms. The first-order valence-electron chi connectivity index (χ1n) is 4.28. The molecule has 0 aromatic heterocycles. The Bertz CT molecular complexity index is 315. The van der Waals surface area contributed by atoms with Crippen molar-refractivity contribution in [2.45, 2.75) is 6.54 Å². The molecular weight excluding hydrogens is 185 g/mol. The molecule has 0 unspecified atom stereocenters. The number of rotatable bonds is 4. The van der Waals surface area contributed by atoms with Crippen LogP contribution in [0.2, 0.25) is 0 Å². The molecule has 78 valence electrons. The van der Waals surface area contributed by atoms with E-state index < -0.39 is 0 Å². The van der Waals surface area contributed by atoms with Crippen LogP contribution in [0.4, 0.5) is 4.39 Å². The second-order valence-electron chi connectivity index (χ2n) is 2.79. The third-order valence-corrected chi connectivity index (χ3v) is 1.95. The highest BCUT2D eigenvalue weighted by Gasteiger charge is 2.13. The number of benzene rings is 1. The van der Waals surface area contributed by atoms with Crippen molar-refractivity contribution in [3.05, 3.63) is 23.5 Å². The van der Waals surface area contributed by atoms with Crippen LogP contribution in [0.3, 0.4) is 0 Å². The fourth-order valence-corrected chi connectivity index (χ4v) is 1.34. The Labute approximate surface area is 82.8 Å². The van der Waals surface area contributed by atoms with E-state index in [1.165, 1.54) is 13.2 Å². The molecule has 0 saturated carbocycles. The summed E-state index contributed by atoms with van der Waals surface area (Å²) in [5.74, 6) is 0.481. The first kappa shape index (κ1) is 10.8. The minimum atomic E-state index is -0.376. The summed E-state index contributed by atoms with van der Waals surface area (Å²) in [6, 6.07) is 2.92. The third kappa shape index (κ3) is 1.96. The lowest BCUT2D eigenvalue weighted by molar-refractivity contribution is 0.364. The van der Waals surface area contributed by atoms with E-state index in [0.717, 1.165) is 0 Å². The van der Waals surface area contributed by atoms with Gasteiger partial charge in [0.1, 0.15) is 5.75 Å². The van der Waals surface area contributed by atoms with E-state index in [1.807, 2.05) is 0 Å². The van der Waals surface area contributed by atoms with Crippen LogP contribution in [0.1, 0.15) is 5.56 Å². The first-order chi connectivity index (χ1) is 6.74. The molecule has 0 aliphatic carbocycles. The Kier molecular flexibility index (Phi) is 3.71. The van der Waals surface area contributed by atoms with Crippen molar-refractivity contribution in [3.8, 4) is 11.5 Å². The predicted molar refractivity (Wildman–Crippen MR) is 52.3 cm³/mol. The molecule has 0 aliphatic rings. The molecule has 0 saturated heterocycles. The fraction of sp³-hybridized carbons (Fsp3) is 0.400. The second-order valence-corrected chi connectivity index (χ2v) is 2.79. The van der Waals surface area contributed by atoms with Crippen LogP contribution in [-0.4, -0.2) is 21.3 Å². The van der Waals surface area contributed by atoms with Crippen LogP contribution >= 0.6 is 0 Å². The molecule has 0 radical (unpaired) electrons. The van der Waals surface area contributed by atoms with Crippen molar-refractivity contribution in [2.24, 2.45) is 0 Å². The number of hydrogen-bond acceptors (Lipinski definition) is 3. The van der Waals surface area contributed by atoms with Gasteiger partial charge in [-0.05, 0) is 19.2 Å². The van der Waals surface area contributed by atoms with Crippen molar-refractivity contribution >= 4 is 0 Å². The van der Waals surface area contributed by atoms with E-state index in [0.29, 0.717) is 17.9 Å². The lowest BCUT2D eigenvalue weighted by Crippen LogP contribution is -2.09. The van der Waals surface area contributed by atoms with Crippen molar-refractivity contribution in [1.29, 1.82) is 0 Å². The standard InChI is InChI=1S/C10H14FNO2/c1-12-6-7-9(13-2)5-4-8(11)10(7)14-3/h4-5,12H,6H2,1-3H3. The van der Waals surface area contributed by atoms with Crippen LogP contribution in [-0.2, 0) is 6.54 Å². The van der Waals surface area contributed by atoms with E-state index in [9.17, 15) is 4.39 Å². The van der Waals surface area contributed by atoms with E-state index in [-0.39, 0.29) is 11.6 Å². The van der Waals surface area contributed by atoms with Gasteiger partial charge < -0.3 is 14.8 Å². The average molecular weight is 199 g/mol. The molecule has 0 atom stereocenters. The summed E-state index contributed by atoms with van der Waals surface area (Å²) in [6.07, 6.45) is 0. The SMILES string of the molecule is CNCc1c(OC)ccc(F)c1OC. The highest BCUT2D eigenvalue weighted by Crippen LogP contribution is 2.30. The molecule has 14 heavy (non-hydrogen) atoms. The molecular formula is C10H14FNO2. The number of ether oxygens (including phenoxy) is 2. The summed E-state index contributed by atoms with van der Waals surface area (Å²) in [6.45, 7) is 0.504. The van der Waals surface area contributed by atoms with Crippen LogP contribution in [0.5, 0.6) is 11.5 Å². The third-order valence-electron chi connectivity index (χ3n) is 1.95. The van der Waals surface area contributed by atoms with E-state index in [4.69, 9.17) is 9.47 Å². The number of methoxy groups -OCH3 is 2. The second kappa shape index (κ2) is 4.81. The zero-order valence-corrected chi connectivity index (χ0v) is 8.56. The van der Waals surface area contributed by atoms with Gasteiger partial charge in [-0.25, -0.2) is 4.39 Å². The van der Waals surface area contributed by atoms with E-state index >= 15 is 0 Å². The maximum atomic E-state index is 13.3. The topological polar surface area (TPSA) is 30.5 Å². The molecule has 1 N–H and O–H groups in total. The van der Waals surface area contributed by atoms with Crippen LogP contribution in [0.15, 0.2) is 12.1 Å². The van der Waals surface area contributed by atoms with Crippen molar-refractivity contribution in [2.75, 3.05) is 21.3 Å². The summed E-state index contributed by atoms with van der Waals surface area (Å²) in [5, 5.41) is 2.93. The summed E-state index contributed by atoms with van der Waals surface area (Å²) < 4.78 is 23.4. The molecule has 0 aliphatic heterocycles. The van der Waals surface area contributed by atoms with Gasteiger partial charge in [-0.15, -0.1) is 0 Å². The van der Waals surface area contributed by atoms with Gasteiger partial charge in [-0.1, -0.05) is 0 Å². The first-order valence-corrected chi connectivity index (χ1v) is 4.28. The summed E-state index contributed by atoms with van der Waals surface area (Å²) in [5.41, 5.74) is 0.692. The largest absolute Gasteiger partial charge is 0.496 e. The maximum Gasteiger partial charge on any atom is 0.165 e. The highest BCUT2D eigenvalue weighted by molar-refractivity contribution is 5.45. The maximum absolute atomic E-state index is 13.3. The summed E-state index contributed by atoms with van der Waals surface area (Å²) in [4.78, 5) is 0. The highest BCUT2D eigenvalue weighted by atomic mass is 19.1. The van der Waals surface area contributed by atoms with Crippen LogP contribution < -0.4 is 14.8 Å². The Hall–Kier alpha value is -1.29. The minimum absolute atomic E-state index is 0.235. The molecule has 1 aromatic rings. The molecule has 1 aromatic carbocycles. The van der Waals surface area contributed by atoms with Gasteiger partial charge in [-0.3, -0.25) is 0 Å². The Balaban J connectivity index is 3.21. The molecule has 4 heteroatoms. The van der Waals surface area contributed by atoms with Gasteiger partial charge in [0.05, 0.1) is 19.8 Å². The molecule has 0 heterocycles. The number of nitrogens with one attached hydrogen (secondary N) is 1. The van der Waals surface area contributed by atoms with E-state index in [1.54, 1.807) is 20.2 Å².